The molecule has 0 amide bonds. The monoisotopic (exact) mass is 272 g/mol. The van der Waals surface area contributed by atoms with E-state index in [0.29, 0.717) is 5.56 Å². The van der Waals surface area contributed by atoms with E-state index in [9.17, 15) is 10.1 Å². The Bertz CT molecular complexity index is 645. The van der Waals surface area contributed by atoms with Crippen LogP contribution in [0.25, 0.3) is 11.3 Å². The van der Waals surface area contributed by atoms with Gasteiger partial charge in [-0.1, -0.05) is 45.0 Å². The molecule has 0 atom stereocenters. The van der Waals surface area contributed by atoms with Crippen molar-refractivity contribution < 1.29 is 4.92 Å². The smallest absolute Gasteiger partial charge is 0.313 e. The Morgan fingerprint density at radius 3 is 2.30 bits per heavy atom. The Morgan fingerprint density at radius 1 is 1.20 bits per heavy atom. The van der Waals surface area contributed by atoms with Crippen molar-refractivity contribution in [2.45, 2.75) is 26.2 Å². The van der Waals surface area contributed by atoms with Crippen molar-refractivity contribution in [2.75, 3.05) is 5.73 Å². The minimum absolute atomic E-state index is 0.0190. The third-order valence-electron chi connectivity index (χ3n) is 3.01. The first-order valence-electron chi connectivity index (χ1n) is 6.17. The molecule has 0 fully saturated rings. The van der Waals surface area contributed by atoms with E-state index in [-0.39, 0.29) is 22.7 Å². The highest BCUT2D eigenvalue weighted by Gasteiger charge is 2.19. The normalized spacial score (nSPS) is 11.3. The van der Waals surface area contributed by atoms with E-state index in [1.807, 2.05) is 24.3 Å². The number of anilines is 1. The summed E-state index contributed by atoms with van der Waals surface area (Å²) in [4.78, 5) is 18.2. The van der Waals surface area contributed by atoms with Gasteiger partial charge in [0, 0.05) is 5.56 Å². The van der Waals surface area contributed by atoms with Crippen molar-refractivity contribution >= 4 is 11.6 Å². The number of nitro groups is 1. The van der Waals surface area contributed by atoms with Gasteiger partial charge in [0.05, 0.1) is 4.92 Å². The number of nitrogens with two attached hydrogens (primary N) is 1. The predicted octanol–water partition coefficient (Wildman–Crippen LogP) is 2.93. The van der Waals surface area contributed by atoms with E-state index < -0.39 is 4.92 Å². The zero-order valence-electron chi connectivity index (χ0n) is 11.6. The van der Waals surface area contributed by atoms with Gasteiger partial charge in [-0.25, -0.2) is 9.97 Å². The van der Waals surface area contributed by atoms with E-state index in [2.05, 4.69) is 30.7 Å². The van der Waals surface area contributed by atoms with Gasteiger partial charge in [-0.15, -0.1) is 0 Å². The highest BCUT2D eigenvalue weighted by Crippen LogP contribution is 2.30. The van der Waals surface area contributed by atoms with Gasteiger partial charge >= 0.3 is 5.69 Å². The second kappa shape index (κ2) is 4.88. The van der Waals surface area contributed by atoms with Gasteiger partial charge in [0.2, 0.25) is 5.95 Å². The Balaban J connectivity index is 2.52. The Hall–Kier alpha value is -2.50. The highest BCUT2D eigenvalue weighted by molar-refractivity contribution is 5.70. The summed E-state index contributed by atoms with van der Waals surface area (Å²) in [5.41, 5.74) is 7.43. The van der Waals surface area contributed by atoms with Crippen LogP contribution in [-0.4, -0.2) is 14.9 Å². The summed E-state index contributed by atoms with van der Waals surface area (Å²) in [5, 5.41) is 11.0. The summed E-state index contributed by atoms with van der Waals surface area (Å²) in [6, 6.07) is 7.51. The lowest BCUT2D eigenvalue weighted by molar-refractivity contribution is -0.384. The van der Waals surface area contributed by atoms with Crippen LogP contribution in [0, 0.1) is 10.1 Å². The maximum atomic E-state index is 11.0. The molecule has 2 N–H and O–H groups in total. The van der Waals surface area contributed by atoms with Crippen LogP contribution in [0.5, 0.6) is 0 Å². The molecule has 6 nitrogen and oxygen atoms in total. The summed E-state index contributed by atoms with van der Waals surface area (Å²) >= 11 is 0. The molecule has 6 heteroatoms. The molecule has 1 aromatic heterocycles. The lowest BCUT2D eigenvalue weighted by atomic mass is 9.86. The molecule has 0 aliphatic carbocycles. The third kappa shape index (κ3) is 2.74. The fraction of sp³-hybridized carbons (Fsp3) is 0.286. The van der Waals surface area contributed by atoms with Crippen molar-refractivity contribution in [3.8, 4) is 11.3 Å². The first kappa shape index (κ1) is 13.9. The van der Waals surface area contributed by atoms with Crippen LogP contribution in [0.4, 0.5) is 11.6 Å². The first-order valence-corrected chi connectivity index (χ1v) is 6.17. The molecule has 0 saturated carbocycles. The average molecular weight is 272 g/mol. The van der Waals surface area contributed by atoms with E-state index in [1.165, 1.54) is 0 Å². The van der Waals surface area contributed by atoms with Gasteiger partial charge in [0.25, 0.3) is 0 Å². The Morgan fingerprint density at radius 2 is 1.80 bits per heavy atom. The maximum Gasteiger partial charge on any atom is 0.313 e. The van der Waals surface area contributed by atoms with Crippen molar-refractivity contribution in [1.82, 2.24) is 9.97 Å². The number of benzene rings is 1. The fourth-order valence-corrected chi connectivity index (χ4v) is 1.86. The van der Waals surface area contributed by atoms with Gasteiger partial charge in [-0.2, -0.15) is 0 Å². The second-order valence-electron chi connectivity index (χ2n) is 5.55. The molecule has 2 rings (SSSR count). The molecule has 2 aromatic rings. The highest BCUT2D eigenvalue weighted by atomic mass is 16.6. The molecule has 0 bridgehead atoms. The van der Waals surface area contributed by atoms with Crippen LogP contribution in [0.3, 0.4) is 0 Å². The Kier molecular flexibility index (Phi) is 3.40. The van der Waals surface area contributed by atoms with Gasteiger partial charge in [0.1, 0.15) is 6.20 Å². The van der Waals surface area contributed by atoms with Crippen molar-refractivity contribution in [2.24, 2.45) is 0 Å². The van der Waals surface area contributed by atoms with Crippen LogP contribution in [0.2, 0.25) is 0 Å². The maximum absolute atomic E-state index is 11.0. The van der Waals surface area contributed by atoms with E-state index in [4.69, 9.17) is 5.73 Å². The molecule has 0 unspecified atom stereocenters. The van der Waals surface area contributed by atoms with E-state index in [0.717, 1.165) is 11.8 Å². The molecule has 104 valence electrons. The number of hydrogen-bond acceptors (Lipinski definition) is 5. The van der Waals surface area contributed by atoms with Gasteiger partial charge < -0.3 is 5.73 Å². The number of hydrogen-bond donors (Lipinski definition) is 1. The molecule has 1 aromatic carbocycles. The molecule has 0 aliphatic rings. The second-order valence-corrected chi connectivity index (χ2v) is 5.55. The average Bonchev–Trinajstić information content (AvgIpc) is 2.37. The molecular formula is C14H16N4O2. The summed E-state index contributed by atoms with van der Waals surface area (Å²) in [6.45, 7) is 6.31. The lowest BCUT2D eigenvalue weighted by Crippen LogP contribution is -2.10. The number of nitrogen functional groups attached to an aromatic ring is 1. The zero-order chi connectivity index (χ0) is 14.9. The predicted molar refractivity (Wildman–Crippen MR) is 77.2 cm³/mol. The zero-order valence-corrected chi connectivity index (χ0v) is 11.6. The summed E-state index contributed by atoms with van der Waals surface area (Å²) in [7, 11) is 0. The standard InChI is InChI=1S/C14H16N4O2/c1-14(2,3)10-6-4-9(5-7-10)12-11(18(19)20)8-16-13(15)17-12/h4-8H,1-3H3,(H2,15,16,17). The molecule has 0 aliphatic heterocycles. The largest absolute Gasteiger partial charge is 0.368 e. The minimum Gasteiger partial charge on any atom is -0.368 e. The Labute approximate surface area is 116 Å². The SMILES string of the molecule is CC(C)(C)c1ccc(-c2nc(N)ncc2[N+](=O)[O-])cc1. The lowest BCUT2D eigenvalue weighted by Gasteiger charge is -2.19. The molecule has 0 spiro atoms. The fourth-order valence-electron chi connectivity index (χ4n) is 1.86. The first-order chi connectivity index (χ1) is 9.29. The van der Waals surface area contributed by atoms with Gasteiger partial charge in [-0.05, 0) is 11.0 Å². The quantitative estimate of drug-likeness (QED) is 0.669. The van der Waals surface area contributed by atoms with Crippen molar-refractivity contribution in [3.63, 3.8) is 0 Å². The van der Waals surface area contributed by atoms with Crippen molar-refractivity contribution in [3.05, 3.63) is 46.1 Å². The number of aromatic nitrogens is 2. The molecule has 0 radical (unpaired) electrons. The number of rotatable bonds is 2. The van der Waals surface area contributed by atoms with Crippen LogP contribution < -0.4 is 5.73 Å². The molecule has 0 saturated heterocycles. The van der Waals surface area contributed by atoms with Crippen LogP contribution in [0.1, 0.15) is 26.3 Å². The van der Waals surface area contributed by atoms with Crippen LogP contribution >= 0.6 is 0 Å². The minimum atomic E-state index is -0.507. The summed E-state index contributed by atoms with van der Waals surface area (Å²) < 4.78 is 0. The van der Waals surface area contributed by atoms with E-state index in [1.54, 1.807) is 0 Å². The summed E-state index contributed by atoms with van der Waals surface area (Å²) in [6.07, 6.45) is 1.13. The summed E-state index contributed by atoms with van der Waals surface area (Å²) in [5.74, 6) is 0.0190. The molecule has 20 heavy (non-hydrogen) atoms. The van der Waals surface area contributed by atoms with Crippen molar-refractivity contribution in [1.29, 1.82) is 0 Å². The third-order valence-corrected chi connectivity index (χ3v) is 3.01. The van der Waals surface area contributed by atoms with Gasteiger partial charge in [0.15, 0.2) is 5.69 Å². The van der Waals surface area contributed by atoms with E-state index >= 15 is 0 Å². The number of nitrogens with zero attached hydrogens (tertiary/aromatic N) is 3. The molecular weight excluding hydrogens is 256 g/mol. The van der Waals surface area contributed by atoms with Gasteiger partial charge in [-0.3, -0.25) is 10.1 Å². The molecule has 1 heterocycles. The topological polar surface area (TPSA) is 94.9 Å². The van der Waals surface area contributed by atoms with Crippen LogP contribution in [0.15, 0.2) is 30.5 Å². The van der Waals surface area contributed by atoms with Crippen LogP contribution in [-0.2, 0) is 5.41 Å².